The number of hydrogen-bond donors (Lipinski definition) is 2. The Morgan fingerprint density at radius 2 is 1.96 bits per heavy atom. The lowest BCUT2D eigenvalue weighted by Gasteiger charge is -2.19. The third kappa shape index (κ3) is 3.86. The number of quaternary nitrogens is 1. The predicted molar refractivity (Wildman–Crippen MR) is 96.0 cm³/mol. The standard InChI is InChI=1S/C20H20FNO4/c1-3-22(11-13-4-7-18(25-2)17(21)8-13)12-14-9-20(24)26-19-10-15(23)5-6-16(14)19/h4-10,23H,3,11-12H2,1-2H3/p+1. The molecular weight excluding hydrogens is 337 g/mol. The summed E-state index contributed by atoms with van der Waals surface area (Å²) in [6, 6.07) is 11.2. The van der Waals surface area contributed by atoms with E-state index in [0.717, 1.165) is 28.0 Å². The Morgan fingerprint density at radius 1 is 1.15 bits per heavy atom. The molecule has 5 nitrogen and oxygen atoms in total. The predicted octanol–water partition coefficient (Wildman–Crippen LogP) is 2.25. The second-order valence-electron chi connectivity index (χ2n) is 6.20. The van der Waals surface area contributed by atoms with E-state index in [9.17, 15) is 14.3 Å². The number of halogens is 1. The van der Waals surface area contributed by atoms with Gasteiger partial charge in [-0.05, 0) is 37.3 Å². The van der Waals surface area contributed by atoms with Crippen LogP contribution < -0.4 is 15.3 Å². The number of hydrogen-bond acceptors (Lipinski definition) is 4. The van der Waals surface area contributed by atoms with Gasteiger partial charge in [-0.25, -0.2) is 9.18 Å². The highest BCUT2D eigenvalue weighted by Gasteiger charge is 2.15. The zero-order valence-corrected chi connectivity index (χ0v) is 14.7. The molecule has 0 bridgehead atoms. The maximum atomic E-state index is 13.9. The summed E-state index contributed by atoms with van der Waals surface area (Å²) in [4.78, 5) is 13.0. The molecule has 0 radical (unpaired) electrons. The first-order valence-electron chi connectivity index (χ1n) is 8.42. The van der Waals surface area contributed by atoms with Crippen molar-refractivity contribution in [2.24, 2.45) is 0 Å². The van der Waals surface area contributed by atoms with Crippen LogP contribution in [0, 0.1) is 5.82 Å². The van der Waals surface area contributed by atoms with Crippen LogP contribution in [0.2, 0.25) is 0 Å². The lowest BCUT2D eigenvalue weighted by atomic mass is 10.1. The highest BCUT2D eigenvalue weighted by Crippen LogP contribution is 2.21. The summed E-state index contributed by atoms with van der Waals surface area (Å²) < 4.78 is 24.0. The fourth-order valence-electron chi connectivity index (χ4n) is 3.06. The van der Waals surface area contributed by atoms with Crippen molar-refractivity contribution in [2.75, 3.05) is 13.7 Å². The van der Waals surface area contributed by atoms with Crippen LogP contribution in [0.4, 0.5) is 4.39 Å². The summed E-state index contributed by atoms with van der Waals surface area (Å²) in [5.74, 6) is -0.119. The Balaban J connectivity index is 1.87. The monoisotopic (exact) mass is 358 g/mol. The number of nitrogens with one attached hydrogen (secondary N) is 1. The van der Waals surface area contributed by atoms with Crippen LogP contribution in [-0.4, -0.2) is 18.8 Å². The molecule has 26 heavy (non-hydrogen) atoms. The third-order valence-electron chi connectivity index (χ3n) is 4.42. The van der Waals surface area contributed by atoms with Gasteiger partial charge in [0.1, 0.15) is 24.4 Å². The van der Waals surface area contributed by atoms with Gasteiger partial charge in [0.2, 0.25) is 0 Å². The number of phenolic OH excluding ortho intramolecular Hbond substituents is 1. The van der Waals surface area contributed by atoms with E-state index in [0.29, 0.717) is 18.7 Å². The van der Waals surface area contributed by atoms with Crippen molar-refractivity contribution < 1.29 is 23.6 Å². The Morgan fingerprint density at radius 3 is 2.65 bits per heavy atom. The zero-order valence-electron chi connectivity index (χ0n) is 14.7. The summed E-state index contributed by atoms with van der Waals surface area (Å²) in [6.45, 7) is 4.02. The van der Waals surface area contributed by atoms with Gasteiger partial charge in [0.05, 0.1) is 13.7 Å². The Kier molecular flexibility index (Phi) is 5.23. The van der Waals surface area contributed by atoms with Gasteiger partial charge in [-0.2, -0.15) is 0 Å². The molecule has 0 saturated carbocycles. The van der Waals surface area contributed by atoms with Crippen molar-refractivity contribution in [1.82, 2.24) is 0 Å². The third-order valence-corrected chi connectivity index (χ3v) is 4.42. The summed E-state index contributed by atoms with van der Waals surface area (Å²) in [6.07, 6.45) is 0. The van der Waals surface area contributed by atoms with Gasteiger partial charge < -0.3 is 19.2 Å². The molecule has 1 unspecified atom stereocenters. The normalized spacial score (nSPS) is 12.3. The highest BCUT2D eigenvalue weighted by molar-refractivity contribution is 5.81. The van der Waals surface area contributed by atoms with Crippen LogP contribution in [0.15, 0.2) is 51.7 Å². The molecular formula is C20H21FNO4+. The number of benzene rings is 2. The molecule has 0 aliphatic carbocycles. The van der Waals surface area contributed by atoms with Crippen molar-refractivity contribution in [2.45, 2.75) is 20.0 Å². The van der Waals surface area contributed by atoms with E-state index in [4.69, 9.17) is 9.15 Å². The first-order chi connectivity index (χ1) is 12.5. The summed E-state index contributed by atoms with van der Waals surface area (Å²) in [7, 11) is 1.44. The second kappa shape index (κ2) is 7.58. The molecule has 3 rings (SSSR count). The molecule has 1 aromatic heterocycles. The van der Waals surface area contributed by atoms with Gasteiger partial charge in [0.15, 0.2) is 11.6 Å². The van der Waals surface area contributed by atoms with Crippen LogP contribution in [-0.2, 0) is 13.1 Å². The molecule has 0 fully saturated rings. The van der Waals surface area contributed by atoms with Crippen molar-refractivity contribution in [3.05, 3.63) is 69.8 Å². The van der Waals surface area contributed by atoms with E-state index in [-0.39, 0.29) is 17.3 Å². The van der Waals surface area contributed by atoms with E-state index < -0.39 is 5.63 Å². The van der Waals surface area contributed by atoms with Gasteiger partial charge >= 0.3 is 5.63 Å². The minimum atomic E-state index is -0.455. The molecule has 0 aliphatic rings. The van der Waals surface area contributed by atoms with Gasteiger partial charge in [-0.3, -0.25) is 0 Å². The first kappa shape index (κ1) is 17.9. The largest absolute Gasteiger partial charge is 0.508 e. The molecule has 3 aromatic rings. The molecule has 136 valence electrons. The van der Waals surface area contributed by atoms with Crippen LogP contribution >= 0.6 is 0 Å². The molecule has 1 atom stereocenters. The summed E-state index contributed by atoms with van der Waals surface area (Å²) in [5.41, 5.74) is 1.59. The van der Waals surface area contributed by atoms with Gasteiger partial charge in [-0.15, -0.1) is 0 Å². The topological polar surface area (TPSA) is 64.1 Å². The van der Waals surface area contributed by atoms with E-state index in [1.54, 1.807) is 18.2 Å². The van der Waals surface area contributed by atoms with E-state index in [2.05, 4.69) is 0 Å². The van der Waals surface area contributed by atoms with Crippen molar-refractivity contribution in [3.63, 3.8) is 0 Å². The molecule has 0 saturated heterocycles. The number of methoxy groups -OCH3 is 1. The highest BCUT2D eigenvalue weighted by atomic mass is 19.1. The van der Waals surface area contributed by atoms with Crippen molar-refractivity contribution >= 4 is 11.0 Å². The lowest BCUT2D eigenvalue weighted by Crippen LogP contribution is -3.09. The van der Waals surface area contributed by atoms with Crippen LogP contribution in [0.3, 0.4) is 0 Å². The number of aromatic hydroxyl groups is 1. The second-order valence-corrected chi connectivity index (χ2v) is 6.20. The number of fused-ring (bicyclic) bond motifs is 1. The van der Waals surface area contributed by atoms with Crippen LogP contribution in [0.25, 0.3) is 11.0 Å². The molecule has 0 spiro atoms. The van der Waals surface area contributed by atoms with Crippen LogP contribution in [0.1, 0.15) is 18.1 Å². The van der Waals surface area contributed by atoms with Crippen molar-refractivity contribution in [1.29, 1.82) is 0 Å². The van der Waals surface area contributed by atoms with Crippen molar-refractivity contribution in [3.8, 4) is 11.5 Å². The minimum Gasteiger partial charge on any atom is -0.508 e. The van der Waals surface area contributed by atoms with E-state index in [1.165, 1.54) is 25.3 Å². The average Bonchev–Trinajstić information content (AvgIpc) is 2.60. The van der Waals surface area contributed by atoms with Crippen LogP contribution in [0.5, 0.6) is 11.5 Å². The zero-order chi connectivity index (χ0) is 18.7. The maximum absolute atomic E-state index is 13.9. The van der Waals surface area contributed by atoms with E-state index in [1.807, 2.05) is 13.0 Å². The van der Waals surface area contributed by atoms with Gasteiger partial charge in [0, 0.05) is 28.6 Å². The Hall–Kier alpha value is -2.86. The fraction of sp³-hybridized carbons (Fsp3) is 0.250. The molecule has 2 aromatic carbocycles. The Bertz CT molecular complexity index is 983. The maximum Gasteiger partial charge on any atom is 0.336 e. The van der Waals surface area contributed by atoms with E-state index >= 15 is 0 Å². The van der Waals surface area contributed by atoms with Gasteiger partial charge in [0.25, 0.3) is 0 Å². The van der Waals surface area contributed by atoms with Gasteiger partial charge in [-0.1, -0.05) is 0 Å². The fourth-order valence-corrected chi connectivity index (χ4v) is 3.06. The smallest absolute Gasteiger partial charge is 0.336 e. The molecule has 0 amide bonds. The Labute approximate surface area is 150 Å². The number of phenols is 1. The first-order valence-corrected chi connectivity index (χ1v) is 8.42. The SMILES string of the molecule is CC[NH+](Cc1ccc(OC)c(F)c1)Cc1cc(=O)oc2cc(O)ccc12. The number of rotatable bonds is 6. The molecule has 6 heteroatoms. The number of ether oxygens (including phenoxy) is 1. The summed E-state index contributed by atoms with van der Waals surface area (Å²) in [5, 5.41) is 10.4. The summed E-state index contributed by atoms with van der Waals surface area (Å²) >= 11 is 0. The minimum absolute atomic E-state index is 0.0474. The lowest BCUT2D eigenvalue weighted by molar-refractivity contribution is -0.925. The quantitative estimate of drug-likeness (QED) is 0.664. The molecule has 1 heterocycles. The average molecular weight is 358 g/mol. The molecule has 0 aliphatic heterocycles. The molecule has 2 N–H and O–H groups in total.